The van der Waals surface area contributed by atoms with E-state index in [4.69, 9.17) is 4.74 Å². The second kappa shape index (κ2) is 5.43. The Morgan fingerprint density at radius 2 is 2.26 bits per heavy atom. The zero-order chi connectivity index (χ0) is 13.9. The summed E-state index contributed by atoms with van der Waals surface area (Å²) >= 11 is 0. The highest BCUT2D eigenvalue weighted by molar-refractivity contribution is 5.89. The van der Waals surface area contributed by atoms with Crippen molar-refractivity contribution in [2.45, 2.75) is 18.4 Å². The summed E-state index contributed by atoms with van der Waals surface area (Å²) in [5, 5.41) is 14.4. The number of aliphatic carboxylic acids is 1. The maximum atomic E-state index is 12.1. The summed E-state index contributed by atoms with van der Waals surface area (Å²) in [6.07, 6.45) is 0.879. The van der Waals surface area contributed by atoms with Gasteiger partial charge >= 0.3 is 12.0 Å². The second-order valence-corrected chi connectivity index (χ2v) is 4.75. The maximum absolute atomic E-state index is 12.1. The predicted octanol–water partition coefficient (Wildman–Crippen LogP) is -1.24. The van der Waals surface area contributed by atoms with Crippen molar-refractivity contribution in [1.82, 2.24) is 15.5 Å². The quantitative estimate of drug-likeness (QED) is 0.582. The van der Waals surface area contributed by atoms with E-state index in [0.717, 1.165) is 0 Å². The normalized spacial score (nSPS) is 27.6. The number of nitrogens with zero attached hydrogens (tertiary/aromatic N) is 1. The van der Waals surface area contributed by atoms with Crippen molar-refractivity contribution in [3.05, 3.63) is 0 Å². The van der Waals surface area contributed by atoms with Crippen LogP contribution >= 0.6 is 0 Å². The average Bonchev–Trinajstić information content (AvgIpc) is 2.72. The Labute approximate surface area is 110 Å². The van der Waals surface area contributed by atoms with Gasteiger partial charge in [-0.2, -0.15) is 0 Å². The highest BCUT2D eigenvalue weighted by atomic mass is 16.5. The van der Waals surface area contributed by atoms with E-state index in [2.05, 4.69) is 10.6 Å². The zero-order valence-electron chi connectivity index (χ0n) is 10.5. The Bertz CT molecular complexity index is 392. The summed E-state index contributed by atoms with van der Waals surface area (Å²) in [4.78, 5) is 36.1. The van der Waals surface area contributed by atoms with Crippen LogP contribution < -0.4 is 10.6 Å². The fraction of sp³-hybridized carbons (Fsp3) is 0.727. The van der Waals surface area contributed by atoms with E-state index in [9.17, 15) is 19.5 Å². The van der Waals surface area contributed by atoms with Crippen molar-refractivity contribution < 1.29 is 24.2 Å². The molecule has 3 N–H and O–H groups in total. The molecule has 0 aromatic rings. The summed E-state index contributed by atoms with van der Waals surface area (Å²) in [6, 6.07) is -0.537. The third kappa shape index (κ3) is 2.95. The monoisotopic (exact) mass is 271 g/mol. The summed E-state index contributed by atoms with van der Waals surface area (Å²) < 4.78 is 5.06. The summed E-state index contributed by atoms with van der Waals surface area (Å²) in [6.45, 7) is 1.14. The first-order chi connectivity index (χ1) is 9.03. The average molecular weight is 271 g/mol. The van der Waals surface area contributed by atoms with Gasteiger partial charge in [0, 0.05) is 26.1 Å². The van der Waals surface area contributed by atoms with E-state index in [1.165, 1.54) is 4.90 Å². The summed E-state index contributed by atoms with van der Waals surface area (Å²) in [7, 11) is 0. The van der Waals surface area contributed by atoms with E-state index in [-0.39, 0.29) is 25.5 Å². The fourth-order valence-corrected chi connectivity index (χ4v) is 2.15. The first-order valence-corrected chi connectivity index (χ1v) is 6.18. The largest absolute Gasteiger partial charge is 0.479 e. The minimum absolute atomic E-state index is 0.0475. The number of rotatable bonds is 2. The lowest BCUT2D eigenvalue weighted by molar-refractivity contribution is -0.144. The third-order valence-electron chi connectivity index (χ3n) is 3.33. The number of nitrogens with one attached hydrogen (secondary N) is 2. The van der Waals surface area contributed by atoms with Gasteiger partial charge in [-0.25, -0.2) is 9.59 Å². The molecule has 106 valence electrons. The molecule has 3 amide bonds. The van der Waals surface area contributed by atoms with E-state index in [0.29, 0.717) is 26.1 Å². The number of ether oxygens (including phenoxy) is 1. The first-order valence-electron chi connectivity index (χ1n) is 6.18. The molecule has 2 rings (SSSR count). The van der Waals surface area contributed by atoms with Gasteiger partial charge in [0.15, 0.2) is 5.54 Å². The standard InChI is InChI=1S/C11H17N3O5/c15-8-6-14(4-1-3-12-8)10(18)13-11(9(16)17)2-5-19-7-11/h1-7H2,(H,12,15)(H,13,18)(H,16,17). The Hall–Kier alpha value is -1.83. The van der Waals surface area contributed by atoms with Crippen molar-refractivity contribution >= 4 is 17.9 Å². The third-order valence-corrected chi connectivity index (χ3v) is 3.33. The van der Waals surface area contributed by atoms with Crippen LogP contribution in [0.25, 0.3) is 0 Å². The van der Waals surface area contributed by atoms with Gasteiger partial charge in [0.1, 0.15) is 6.54 Å². The highest BCUT2D eigenvalue weighted by Gasteiger charge is 2.44. The van der Waals surface area contributed by atoms with Crippen LogP contribution in [-0.4, -0.2) is 66.3 Å². The highest BCUT2D eigenvalue weighted by Crippen LogP contribution is 2.19. The van der Waals surface area contributed by atoms with Gasteiger partial charge < -0.3 is 25.4 Å². The van der Waals surface area contributed by atoms with Crippen LogP contribution in [0.2, 0.25) is 0 Å². The molecule has 19 heavy (non-hydrogen) atoms. The molecule has 2 aliphatic rings. The SMILES string of the molecule is O=C1CN(C(=O)NC2(C(=O)O)CCOC2)CCCN1. The summed E-state index contributed by atoms with van der Waals surface area (Å²) in [5.74, 6) is -1.35. The van der Waals surface area contributed by atoms with Crippen molar-refractivity contribution in [2.24, 2.45) is 0 Å². The number of carbonyl (C=O) groups excluding carboxylic acids is 2. The fourth-order valence-electron chi connectivity index (χ4n) is 2.15. The van der Waals surface area contributed by atoms with Gasteiger partial charge in [0.05, 0.1) is 6.61 Å². The van der Waals surface area contributed by atoms with Crippen LogP contribution in [0, 0.1) is 0 Å². The molecule has 8 nitrogen and oxygen atoms in total. The van der Waals surface area contributed by atoms with Crippen LogP contribution in [0.1, 0.15) is 12.8 Å². The van der Waals surface area contributed by atoms with E-state index >= 15 is 0 Å². The molecule has 1 atom stereocenters. The molecule has 0 aromatic carbocycles. The number of carbonyl (C=O) groups is 3. The topological polar surface area (TPSA) is 108 Å². The maximum Gasteiger partial charge on any atom is 0.332 e. The van der Waals surface area contributed by atoms with Crippen molar-refractivity contribution in [3.8, 4) is 0 Å². The Kier molecular flexibility index (Phi) is 3.89. The van der Waals surface area contributed by atoms with E-state index in [1.807, 2.05) is 0 Å². The predicted molar refractivity (Wildman–Crippen MR) is 63.5 cm³/mol. The number of urea groups is 1. The molecule has 8 heteroatoms. The molecule has 0 radical (unpaired) electrons. The molecule has 2 saturated heterocycles. The Morgan fingerprint density at radius 1 is 1.47 bits per heavy atom. The van der Waals surface area contributed by atoms with Crippen molar-refractivity contribution in [2.75, 3.05) is 32.8 Å². The van der Waals surface area contributed by atoms with Gasteiger partial charge in [0.25, 0.3) is 0 Å². The lowest BCUT2D eigenvalue weighted by Crippen LogP contribution is -2.59. The van der Waals surface area contributed by atoms with Gasteiger partial charge in [0.2, 0.25) is 5.91 Å². The van der Waals surface area contributed by atoms with Crippen LogP contribution in [0.4, 0.5) is 4.79 Å². The molecule has 1 unspecified atom stereocenters. The number of carboxylic acid groups (broad SMARTS) is 1. The smallest absolute Gasteiger partial charge is 0.332 e. The van der Waals surface area contributed by atoms with E-state index < -0.39 is 17.5 Å². The van der Waals surface area contributed by atoms with Crippen LogP contribution in [0.5, 0.6) is 0 Å². The molecule has 0 aliphatic carbocycles. The van der Waals surface area contributed by atoms with Crippen molar-refractivity contribution in [1.29, 1.82) is 0 Å². The molecule has 2 fully saturated rings. The minimum atomic E-state index is -1.38. The molecule has 2 aliphatic heterocycles. The lowest BCUT2D eigenvalue weighted by atomic mass is 9.99. The minimum Gasteiger partial charge on any atom is -0.479 e. The van der Waals surface area contributed by atoms with Crippen LogP contribution in [0.3, 0.4) is 0 Å². The molecule has 0 saturated carbocycles. The zero-order valence-corrected chi connectivity index (χ0v) is 10.5. The number of hydrogen-bond donors (Lipinski definition) is 3. The molecule has 0 aromatic heterocycles. The Morgan fingerprint density at radius 3 is 2.89 bits per heavy atom. The lowest BCUT2D eigenvalue weighted by Gasteiger charge is -2.28. The van der Waals surface area contributed by atoms with Gasteiger partial charge in [-0.1, -0.05) is 0 Å². The molecular formula is C11H17N3O5. The molecule has 0 spiro atoms. The molecule has 2 heterocycles. The van der Waals surface area contributed by atoms with Gasteiger partial charge in [-0.3, -0.25) is 4.79 Å². The molecule has 0 bridgehead atoms. The number of carboxylic acids is 1. The van der Waals surface area contributed by atoms with Gasteiger partial charge in [-0.05, 0) is 6.42 Å². The number of amides is 3. The van der Waals surface area contributed by atoms with Crippen LogP contribution in [-0.2, 0) is 14.3 Å². The molecular weight excluding hydrogens is 254 g/mol. The summed E-state index contributed by atoms with van der Waals surface area (Å²) in [5.41, 5.74) is -1.38. The Balaban J connectivity index is 2.02. The van der Waals surface area contributed by atoms with E-state index in [1.54, 1.807) is 0 Å². The van der Waals surface area contributed by atoms with Crippen LogP contribution in [0.15, 0.2) is 0 Å². The van der Waals surface area contributed by atoms with Crippen molar-refractivity contribution in [3.63, 3.8) is 0 Å². The first kappa shape index (κ1) is 13.6. The van der Waals surface area contributed by atoms with Gasteiger partial charge in [-0.15, -0.1) is 0 Å². The number of hydrogen-bond acceptors (Lipinski definition) is 4. The second-order valence-electron chi connectivity index (χ2n) is 4.75.